The molecule has 4 nitrogen and oxygen atoms in total. The summed E-state index contributed by atoms with van der Waals surface area (Å²) in [6.45, 7) is 4.41. The summed E-state index contributed by atoms with van der Waals surface area (Å²) in [5.74, 6) is -0.148. The molecule has 0 unspecified atom stereocenters. The van der Waals surface area contributed by atoms with Crippen LogP contribution in [-0.2, 0) is 6.54 Å². The zero-order chi connectivity index (χ0) is 12.6. The van der Waals surface area contributed by atoms with Crippen LogP contribution in [0.5, 0.6) is 5.75 Å². The normalized spacial score (nSPS) is 10.8. The third-order valence-corrected chi connectivity index (χ3v) is 3.04. The number of carboxylic acids is 1. The number of ether oxygens (including phenoxy) is 1. The highest BCUT2D eigenvalue weighted by atomic mass is 16.5. The van der Waals surface area contributed by atoms with Gasteiger partial charge < -0.3 is 14.4 Å². The molecule has 0 spiro atoms. The Morgan fingerprint density at radius 3 is 2.71 bits per heavy atom. The number of rotatable bonds is 3. The topological polar surface area (TPSA) is 51.5 Å². The van der Waals surface area contributed by atoms with Crippen LogP contribution in [0.15, 0.2) is 18.2 Å². The summed E-state index contributed by atoms with van der Waals surface area (Å²) in [5, 5.41) is 10.2. The summed E-state index contributed by atoms with van der Waals surface area (Å²) in [6, 6.07) is 5.62. The maximum atomic E-state index is 11.3. The molecule has 0 saturated carbocycles. The summed E-state index contributed by atoms with van der Waals surface area (Å²) < 4.78 is 6.98. The molecule has 0 radical (unpaired) electrons. The number of carboxylic acid groups (broad SMARTS) is 1. The van der Waals surface area contributed by atoms with Crippen LogP contribution in [0.3, 0.4) is 0 Å². The largest absolute Gasteiger partial charge is 0.497 e. The Hall–Kier alpha value is -1.97. The van der Waals surface area contributed by atoms with Gasteiger partial charge in [0, 0.05) is 17.4 Å². The van der Waals surface area contributed by atoms with Gasteiger partial charge in [-0.15, -0.1) is 0 Å². The maximum Gasteiger partial charge on any atom is 0.352 e. The Kier molecular flexibility index (Phi) is 2.79. The summed E-state index contributed by atoms with van der Waals surface area (Å²) in [7, 11) is 1.60. The summed E-state index contributed by atoms with van der Waals surface area (Å²) in [6.07, 6.45) is 0. The Balaban J connectivity index is 2.83. The summed E-state index contributed by atoms with van der Waals surface area (Å²) in [4.78, 5) is 11.3. The predicted molar refractivity (Wildman–Crippen MR) is 65.9 cm³/mol. The van der Waals surface area contributed by atoms with Crippen molar-refractivity contribution < 1.29 is 14.6 Å². The van der Waals surface area contributed by atoms with Gasteiger partial charge >= 0.3 is 5.97 Å². The van der Waals surface area contributed by atoms with E-state index in [1.165, 1.54) is 0 Å². The molecular formula is C13H15NO3. The van der Waals surface area contributed by atoms with Crippen molar-refractivity contribution in [3.8, 4) is 5.75 Å². The van der Waals surface area contributed by atoms with Gasteiger partial charge in [0.05, 0.1) is 7.11 Å². The van der Waals surface area contributed by atoms with E-state index >= 15 is 0 Å². The van der Waals surface area contributed by atoms with Crippen molar-refractivity contribution in [2.75, 3.05) is 7.11 Å². The smallest absolute Gasteiger partial charge is 0.352 e. The van der Waals surface area contributed by atoms with Crippen LogP contribution in [0.2, 0.25) is 0 Å². The lowest BCUT2D eigenvalue weighted by molar-refractivity contribution is 0.0685. The molecule has 90 valence electrons. The van der Waals surface area contributed by atoms with E-state index in [2.05, 4.69) is 0 Å². The molecule has 0 fully saturated rings. The quantitative estimate of drug-likeness (QED) is 0.886. The van der Waals surface area contributed by atoms with Gasteiger partial charge in [0.25, 0.3) is 0 Å². The van der Waals surface area contributed by atoms with Crippen molar-refractivity contribution in [2.45, 2.75) is 20.4 Å². The van der Waals surface area contributed by atoms with Crippen molar-refractivity contribution in [1.29, 1.82) is 0 Å². The summed E-state index contributed by atoms with van der Waals surface area (Å²) in [5.41, 5.74) is 2.08. The number of methoxy groups -OCH3 is 1. The lowest BCUT2D eigenvalue weighted by atomic mass is 10.1. The van der Waals surface area contributed by atoms with Gasteiger partial charge in [-0.25, -0.2) is 4.79 Å². The second-order valence-corrected chi connectivity index (χ2v) is 3.91. The van der Waals surface area contributed by atoms with E-state index in [1.807, 2.05) is 36.6 Å². The van der Waals surface area contributed by atoms with Gasteiger partial charge in [0.15, 0.2) is 0 Å². The number of aromatic nitrogens is 1. The molecule has 0 bridgehead atoms. The first-order valence-electron chi connectivity index (χ1n) is 5.50. The first-order chi connectivity index (χ1) is 8.10. The predicted octanol–water partition coefficient (Wildman–Crippen LogP) is 2.68. The zero-order valence-electron chi connectivity index (χ0n) is 10.2. The van der Waals surface area contributed by atoms with E-state index in [1.54, 1.807) is 7.11 Å². The van der Waals surface area contributed by atoms with Crippen molar-refractivity contribution in [3.05, 3.63) is 29.5 Å². The molecule has 0 aliphatic heterocycles. The number of carbonyl (C=O) groups is 1. The number of aryl methyl sites for hydroxylation is 2. The van der Waals surface area contributed by atoms with E-state index in [9.17, 15) is 9.90 Å². The van der Waals surface area contributed by atoms with Gasteiger partial charge in [0.2, 0.25) is 0 Å². The lowest BCUT2D eigenvalue weighted by Crippen LogP contribution is -2.08. The molecule has 1 aromatic carbocycles. The minimum absolute atomic E-state index is 0.357. The number of hydrogen-bond acceptors (Lipinski definition) is 2. The standard InChI is InChI=1S/C13H15NO3/c1-4-14-11-6-5-9(17-3)7-10(11)8(2)12(14)13(15)16/h5-7H,4H2,1-3H3,(H,15,16). The van der Waals surface area contributed by atoms with Crippen LogP contribution in [0, 0.1) is 6.92 Å². The van der Waals surface area contributed by atoms with E-state index in [4.69, 9.17) is 4.74 Å². The van der Waals surface area contributed by atoms with Crippen molar-refractivity contribution in [1.82, 2.24) is 4.57 Å². The number of aromatic carboxylic acids is 1. The molecule has 1 aromatic heterocycles. The fourth-order valence-electron chi connectivity index (χ4n) is 2.23. The van der Waals surface area contributed by atoms with Crippen LogP contribution < -0.4 is 4.74 Å². The second kappa shape index (κ2) is 4.13. The Morgan fingerprint density at radius 1 is 1.47 bits per heavy atom. The van der Waals surface area contributed by atoms with E-state index in [0.29, 0.717) is 12.2 Å². The van der Waals surface area contributed by atoms with Crippen molar-refractivity contribution in [2.24, 2.45) is 0 Å². The fourth-order valence-corrected chi connectivity index (χ4v) is 2.23. The van der Waals surface area contributed by atoms with Crippen LogP contribution >= 0.6 is 0 Å². The lowest BCUT2D eigenvalue weighted by Gasteiger charge is -2.04. The second-order valence-electron chi connectivity index (χ2n) is 3.91. The number of benzene rings is 1. The highest BCUT2D eigenvalue weighted by molar-refractivity contribution is 5.98. The average Bonchev–Trinajstić information content (AvgIpc) is 2.61. The van der Waals surface area contributed by atoms with Crippen LogP contribution in [0.4, 0.5) is 0 Å². The third-order valence-electron chi connectivity index (χ3n) is 3.04. The van der Waals surface area contributed by atoms with E-state index in [-0.39, 0.29) is 0 Å². The highest BCUT2D eigenvalue weighted by Crippen LogP contribution is 2.29. The molecule has 0 aliphatic rings. The minimum atomic E-state index is -0.889. The Labute approximate surface area is 99.4 Å². The maximum absolute atomic E-state index is 11.3. The van der Waals surface area contributed by atoms with Crippen molar-refractivity contribution >= 4 is 16.9 Å². The van der Waals surface area contributed by atoms with E-state index in [0.717, 1.165) is 22.2 Å². The van der Waals surface area contributed by atoms with Gasteiger partial charge in [-0.05, 0) is 37.6 Å². The van der Waals surface area contributed by atoms with Crippen molar-refractivity contribution in [3.63, 3.8) is 0 Å². The first kappa shape index (κ1) is 11.5. The van der Waals surface area contributed by atoms with Gasteiger partial charge in [0.1, 0.15) is 11.4 Å². The van der Waals surface area contributed by atoms with E-state index < -0.39 is 5.97 Å². The minimum Gasteiger partial charge on any atom is -0.497 e. The molecule has 0 amide bonds. The van der Waals surface area contributed by atoms with Gasteiger partial charge in [-0.3, -0.25) is 0 Å². The zero-order valence-corrected chi connectivity index (χ0v) is 10.2. The van der Waals surface area contributed by atoms with Gasteiger partial charge in [-0.1, -0.05) is 0 Å². The van der Waals surface area contributed by atoms with Gasteiger partial charge in [-0.2, -0.15) is 0 Å². The Bertz CT molecular complexity index is 584. The molecule has 2 rings (SSSR count). The first-order valence-corrected chi connectivity index (χ1v) is 5.50. The molecule has 0 atom stereocenters. The molecule has 17 heavy (non-hydrogen) atoms. The summed E-state index contributed by atoms with van der Waals surface area (Å²) >= 11 is 0. The molecule has 1 heterocycles. The monoisotopic (exact) mass is 233 g/mol. The molecular weight excluding hydrogens is 218 g/mol. The number of nitrogens with zero attached hydrogens (tertiary/aromatic N) is 1. The molecule has 0 saturated heterocycles. The highest BCUT2D eigenvalue weighted by Gasteiger charge is 2.18. The Morgan fingerprint density at radius 2 is 2.18 bits per heavy atom. The number of fused-ring (bicyclic) bond motifs is 1. The molecule has 4 heteroatoms. The SMILES string of the molecule is CCn1c(C(=O)O)c(C)c2cc(OC)ccc21. The fraction of sp³-hybridized carbons (Fsp3) is 0.308. The van der Waals surface area contributed by atoms with Crippen LogP contribution in [0.25, 0.3) is 10.9 Å². The van der Waals surface area contributed by atoms with Crippen LogP contribution in [-0.4, -0.2) is 22.8 Å². The average molecular weight is 233 g/mol. The molecule has 1 N–H and O–H groups in total. The molecule has 0 aliphatic carbocycles. The molecule has 2 aromatic rings. The third kappa shape index (κ3) is 1.65. The van der Waals surface area contributed by atoms with Crippen LogP contribution in [0.1, 0.15) is 23.0 Å². The number of hydrogen-bond donors (Lipinski definition) is 1.